The number of nitrogens with one attached hydrogen (secondary N) is 1. The smallest absolute Gasteiger partial charge is 0.274 e. The van der Waals surface area contributed by atoms with Gasteiger partial charge in [0.05, 0.1) is 17.2 Å². The van der Waals surface area contributed by atoms with Gasteiger partial charge in [-0.25, -0.2) is 4.98 Å². The first kappa shape index (κ1) is 14.5. The van der Waals surface area contributed by atoms with Gasteiger partial charge in [0.25, 0.3) is 5.69 Å². The number of aryl methyl sites for hydroxylation is 2. The molecule has 0 amide bonds. The fourth-order valence-electron chi connectivity index (χ4n) is 1.96. The second-order valence-electron chi connectivity index (χ2n) is 4.36. The summed E-state index contributed by atoms with van der Waals surface area (Å²) in [7, 11) is 0. The highest BCUT2D eigenvalue weighted by Crippen LogP contribution is 2.30. The van der Waals surface area contributed by atoms with E-state index in [0.29, 0.717) is 17.8 Å². The average molecular weight is 339 g/mol. The number of nitro benzene ring substituents is 1. The molecule has 1 aromatic carbocycles. The van der Waals surface area contributed by atoms with E-state index < -0.39 is 0 Å². The number of hydrogen-bond acceptors (Lipinski definition) is 4. The van der Waals surface area contributed by atoms with E-state index in [-0.39, 0.29) is 10.6 Å². The second-order valence-corrected chi connectivity index (χ2v) is 5.21. The fraction of sp³-hybridized carbons (Fsp3) is 0.308. The summed E-state index contributed by atoms with van der Waals surface area (Å²) in [5, 5.41) is 14.1. The van der Waals surface area contributed by atoms with Crippen LogP contribution in [-0.4, -0.2) is 14.5 Å². The van der Waals surface area contributed by atoms with Crippen LogP contribution in [-0.2, 0) is 13.1 Å². The standard InChI is InChI=1S/C13H15BrN4O2/c1-3-17-5-4-15-13(17)8-16-11-7-12(18(19)20)9(2)6-10(11)14/h4-7,16H,3,8H2,1-2H3. The van der Waals surface area contributed by atoms with Crippen LogP contribution in [0, 0.1) is 17.0 Å². The van der Waals surface area contributed by atoms with Crippen LogP contribution in [0.15, 0.2) is 29.0 Å². The molecule has 0 unspecified atom stereocenters. The number of rotatable bonds is 5. The third-order valence-electron chi connectivity index (χ3n) is 3.06. The van der Waals surface area contributed by atoms with Gasteiger partial charge in [0.2, 0.25) is 0 Å². The molecule has 0 aliphatic carbocycles. The largest absolute Gasteiger partial charge is 0.377 e. The monoisotopic (exact) mass is 338 g/mol. The highest BCUT2D eigenvalue weighted by atomic mass is 79.9. The Bertz CT molecular complexity index is 639. The third-order valence-corrected chi connectivity index (χ3v) is 3.72. The maximum atomic E-state index is 11.0. The summed E-state index contributed by atoms with van der Waals surface area (Å²) >= 11 is 3.42. The van der Waals surface area contributed by atoms with Crippen LogP contribution in [0.2, 0.25) is 0 Å². The lowest BCUT2D eigenvalue weighted by atomic mass is 10.2. The normalized spacial score (nSPS) is 10.6. The summed E-state index contributed by atoms with van der Waals surface area (Å²) in [5.41, 5.74) is 1.42. The molecule has 2 aromatic rings. The molecular formula is C13H15BrN4O2. The summed E-state index contributed by atoms with van der Waals surface area (Å²) < 4.78 is 2.82. The Balaban J connectivity index is 2.21. The molecular weight excluding hydrogens is 324 g/mol. The quantitative estimate of drug-likeness (QED) is 0.668. The molecule has 1 heterocycles. The number of imidazole rings is 1. The molecule has 20 heavy (non-hydrogen) atoms. The van der Waals surface area contributed by atoms with E-state index in [1.54, 1.807) is 25.3 Å². The zero-order valence-corrected chi connectivity index (χ0v) is 12.8. The average Bonchev–Trinajstić information content (AvgIpc) is 2.84. The maximum Gasteiger partial charge on any atom is 0.274 e. The van der Waals surface area contributed by atoms with Gasteiger partial charge >= 0.3 is 0 Å². The van der Waals surface area contributed by atoms with Crippen molar-refractivity contribution >= 4 is 27.3 Å². The van der Waals surface area contributed by atoms with Gasteiger partial charge in [0.1, 0.15) is 5.82 Å². The molecule has 0 saturated carbocycles. The van der Waals surface area contributed by atoms with Crippen molar-refractivity contribution in [3.63, 3.8) is 0 Å². The highest BCUT2D eigenvalue weighted by Gasteiger charge is 2.14. The summed E-state index contributed by atoms with van der Waals surface area (Å²) in [4.78, 5) is 14.8. The molecule has 1 N–H and O–H groups in total. The lowest BCUT2D eigenvalue weighted by molar-refractivity contribution is -0.385. The molecule has 0 bridgehead atoms. The van der Waals surface area contributed by atoms with Gasteiger partial charge in [0.15, 0.2) is 0 Å². The molecule has 106 valence electrons. The van der Waals surface area contributed by atoms with Gasteiger partial charge in [-0.1, -0.05) is 0 Å². The van der Waals surface area contributed by atoms with Gasteiger partial charge in [0, 0.05) is 35.0 Å². The molecule has 0 atom stereocenters. The van der Waals surface area contributed by atoms with Crippen molar-refractivity contribution < 1.29 is 4.92 Å². The molecule has 2 rings (SSSR count). The van der Waals surface area contributed by atoms with Crippen molar-refractivity contribution in [2.45, 2.75) is 26.9 Å². The third kappa shape index (κ3) is 2.98. The van der Waals surface area contributed by atoms with Crippen molar-refractivity contribution in [2.24, 2.45) is 0 Å². The van der Waals surface area contributed by atoms with E-state index in [1.165, 1.54) is 0 Å². The van der Waals surface area contributed by atoms with Crippen molar-refractivity contribution in [2.75, 3.05) is 5.32 Å². The SMILES string of the molecule is CCn1ccnc1CNc1cc([N+](=O)[O-])c(C)cc1Br. The van der Waals surface area contributed by atoms with E-state index in [2.05, 4.69) is 26.2 Å². The topological polar surface area (TPSA) is 73.0 Å². The van der Waals surface area contributed by atoms with Crippen molar-refractivity contribution in [3.8, 4) is 0 Å². The Morgan fingerprint density at radius 3 is 2.90 bits per heavy atom. The molecule has 0 aliphatic heterocycles. The van der Waals surface area contributed by atoms with E-state index >= 15 is 0 Å². The molecule has 0 spiro atoms. The van der Waals surface area contributed by atoms with E-state index in [0.717, 1.165) is 16.8 Å². The summed E-state index contributed by atoms with van der Waals surface area (Å²) in [6.07, 6.45) is 3.65. The van der Waals surface area contributed by atoms with Crippen LogP contribution in [0.1, 0.15) is 18.3 Å². The van der Waals surface area contributed by atoms with Gasteiger partial charge in [-0.2, -0.15) is 0 Å². The number of aromatic nitrogens is 2. The Kier molecular flexibility index (Phi) is 4.39. The Labute approximate surface area is 125 Å². The minimum absolute atomic E-state index is 0.106. The van der Waals surface area contributed by atoms with Crippen LogP contribution in [0.3, 0.4) is 0 Å². The molecule has 0 aliphatic rings. The predicted molar refractivity (Wildman–Crippen MR) is 80.8 cm³/mol. The maximum absolute atomic E-state index is 11.0. The zero-order valence-electron chi connectivity index (χ0n) is 11.3. The first-order valence-corrected chi connectivity index (χ1v) is 7.00. The number of nitro groups is 1. The predicted octanol–water partition coefficient (Wildman–Crippen LogP) is 3.49. The van der Waals surface area contributed by atoms with Crippen LogP contribution in [0.25, 0.3) is 0 Å². The molecule has 1 aromatic heterocycles. The molecule has 0 fully saturated rings. The number of anilines is 1. The van der Waals surface area contributed by atoms with Crippen LogP contribution in [0.4, 0.5) is 11.4 Å². The lowest BCUT2D eigenvalue weighted by Gasteiger charge is -2.10. The number of hydrogen-bond donors (Lipinski definition) is 1. The first-order valence-electron chi connectivity index (χ1n) is 6.21. The van der Waals surface area contributed by atoms with Crippen LogP contribution < -0.4 is 5.32 Å². The summed E-state index contributed by atoms with van der Waals surface area (Å²) in [5.74, 6) is 0.891. The second kappa shape index (κ2) is 6.04. The lowest BCUT2D eigenvalue weighted by Crippen LogP contribution is -2.08. The van der Waals surface area contributed by atoms with E-state index in [1.807, 2.05) is 17.7 Å². The van der Waals surface area contributed by atoms with Crippen LogP contribution in [0.5, 0.6) is 0 Å². The highest BCUT2D eigenvalue weighted by molar-refractivity contribution is 9.10. The van der Waals surface area contributed by atoms with E-state index in [4.69, 9.17) is 0 Å². The van der Waals surface area contributed by atoms with Crippen LogP contribution >= 0.6 is 15.9 Å². The number of nitrogens with zero attached hydrogens (tertiary/aromatic N) is 3. The van der Waals surface area contributed by atoms with Gasteiger partial charge in [-0.15, -0.1) is 0 Å². The molecule has 6 nitrogen and oxygen atoms in total. The molecule has 0 radical (unpaired) electrons. The summed E-state index contributed by atoms with van der Waals surface area (Å²) in [6.45, 7) is 5.11. The molecule has 7 heteroatoms. The summed E-state index contributed by atoms with van der Waals surface area (Å²) in [6, 6.07) is 3.28. The van der Waals surface area contributed by atoms with Crippen molar-refractivity contribution in [1.29, 1.82) is 0 Å². The first-order chi connectivity index (χ1) is 9.52. The number of halogens is 1. The Hall–Kier alpha value is -1.89. The van der Waals surface area contributed by atoms with Gasteiger partial charge in [-0.05, 0) is 35.8 Å². The minimum Gasteiger partial charge on any atom is -0.377 e. The zero-order chi connectivity index (χ0) is 14.7. The Morgan fingerprint density at radius 1 is 1.50 bits per heavy atom. The van der Waals surface area contributed by atoms with E-state index in [9.17, 15) is 10.1 Å². The van der Waals surface area contributed by atoms with Gasteiger partial charge in [-0.3, -0.25) is 10.1 Å². The molecule has 0 saturated heterocycles. The fourth-order valence-corrected chi connectivity index (χ4v) is 2.56. The van der Waals surface area contributed by atoms with Crippen molar-refractivity contribution in [1.82, 2.24) is 9.55 Å². The minimum atomic E-state index is -0.375. The number of benzene rings is 1. The Morgan fingerprint density at radius 2 is 2.25 bits per heavy atom. The van der Waals surface area contributed by atoms with Gasteiger partial charge < -0.3 is 9.88 Å². The van der Waals surface area contributed by atoms with Crippen molar-refractivity contribution in [3.05, 3.63) is 50.5 Å².